The van der Waals surface area contributed by atoms with E-state index in [4.69, 9.17) is 4.74 Å². The maximum absolute atomic E-state index is 12.0. The summed E-state index contributed by atoms with van der Waals surface area (Å²) in [5.74, 6) is 1.65. The van der Waals surface area contributed by atoms with Gasteiger partial charge in [-0.2, -0.15) is 0 Å². The van der Waals surface area contributed by atoms with Gasteiger partial charge in [-0.05, 0) is 36.8 Å². The molecule has 3 rings (SSSR count). The topological polar surface area (TPSA) is 68.5 Å². The average molecular weight is 324 g/mol. The Labute approximate surface area is 140 Å². The zero-order valence-electron chi connectivity index (χ0n) is 13.6. The van der Waals surface area contributed by atoms with E-state index >= 15 is 0 Å². The molecule has 0 radical (unpaired) electrons. The summed E-state index contributed by atoms with van der Waals surface area (Å²) >= 11 is 0. The summed E-state index contributed by atoms with van der Waals surface area (Å²) in [6.45, 7) is 3.11. The number of rotatable bonds is 7. The number of amides is 1. The lowest BCUT2D eigenvalue weighted by Gasteiger charge is -2.06. The van der Waals surface area contributed by atoms with Gasteiger partial charge in [-0.1, -0.05) is 18.2 Å². The highest BCUT2D eigenvalue weighted by atomic mass is 16.5. The predicted molar refractivity (Wildman–Crippen MR) is 91.0 cm³/mol. The zero-order valence-corrected chi connectivity index (χ0v) is 13.6. The molecule has 0 bridgehead atoms. The largest absolute Gasteiger partial charge is 0.494 e. The van der Waals surface area contributed by atoms with Crippen LogP contribution in [0.25, 0.3) is 5.65 Å². The SMILES string of the molecule is CCOc1ccc(CC(=O)NCCc2nnc3ccccn23)cc1. The maximum Gasteiger partial charge on any atom is 0.224 e. The first-order valence-electron chi connectivity index (χ1n) is 8.03. The van der Waals surface area contributed by atoms with Gasteiger partial charge >= 0.3 is 0 Å². The van der Waals surface area contributed by atoms with E-state index in [2.05, 4.69) is 15.5 Å². The smallest absolute Gasteiger partial charge is 0.224 e. The van der Waals surface area contributed by atoms with Crippen LogP contribution < -0.4 is 10.1 Å². The standard InChI is InChI=1S/C18H20N4O2/c1-2-24-15-8-6-14(7-9-15)13-18(23)19-11-10-17-21-20-16-5-3-4-12-22(16)17/h3-9,12H,2,10-11,13H2,1H3,(H,19,23). The van der Waals surface area contributed by atoms with Crippen LogP contribution in [-0.2, 0) is 17.6 Å². The number of benzene rings is 1. The number of fused-ring (bicyclic) bond motifs is 1. The van der Waals surface area contributed by atoms with Crippen molar-refractivity contribution in [2.24, 2.45) is 0 Å². The van der Waals surface area contributed by atoms with Crippen molar-refractivity contribution in [3.8, 4) is 5.75 Å². The van der Waals surface area contributed by atoms with E-state index in [0.29, 0.717) is 26.0 Å². The molecule has 0 saturated heterocycles. The van der Waals surface area contributed by atoms with E-state index in [-0.39, 0.29) is 5.91 Å². The molecular formula is C18H20N4O2. The Morgan fingerprint density at radius 1 is 1.17 bits per heavy atom. The highest BCUT2D eigenvalue weighted by Crippen LogP contribution is 2.12. The van der Waals surface area contributed by atoms with Crippen molar-refractivity contribution in [3.05, 3.63) is 60.0 Å². The van der Waals surface area contributed by atoms with Gasteiger partial charge in [-0.3, -0.25) is 9.20 Å². The van der Waals surface area contributed by atoms with Crippen molar-refractivity contribution < 1.29 is 9.53 Å². The highest BCUT2D eigenvalue weighted by Gasteiger charge is 2.07. The first-order valence-corrected chi connectivity index (χ1v) is 8.03. The van der Waals surface area contributed by atoms with Crippen LogP contribution in [0.3, 0.4) is 0 Å². The van der Waals surface area contributed by atoms with Crippen molar-refractivity contribution in [1.29, 1.82) is 0 Å². The molecule has 0 aliphatic rings. The van der Waals surface area contributed by atoms with E-state index in [0.717, 1.165) is 22.8 Å². The second kappa shape index (κ2) is 7.59. The number of carbonyl (C=O) groups excluding carboxylic acids is 1. The number of pyridine rings is 1. The lowest BCUT2D eigenvalue weighted by molar-refractivity contribution is -0.120. The van der Waals surface area contributed by atoms with Crippen molar-refractivity contribution in [2.45, 2.75) is 19.8 Å². The molecule has 1 aromatic carbocycles. The number of hydrogen-bond donors (Lipinski definition) is 1. The van der Waals surface area contributed by atoms with Gasteiger partial charge in [0, 0.05) is 19.2 Å². The molecule has 2 aromatic heterocycles. The molecule has 24 heavy (non-hydrogen) atoms. The monoisotopic (exact) mass is 324 g/mol. The van der Waals surface area contributed by atoms with E-state index < -0.39 is 0 Å². The van der Waals surface area contributed by atoms with Crippen molar-refractivity contribution in [2.75, 3.05) is 13.2 Å². The van der Waals surface area contributed by atoms with Gasteiger partial charge in [0.1, 0.15) is 11.6 Å². The number of ether oxygens (including phenoxy) is 1. The van der Waals surface area contributed by atoms with Gasteiger partial charge in [-0.15, -0.1) is 10.2 Å². The molecule has 0 saturated carbocycles. The molecule has 0 aliphatic carbocycles. The second-order valence-electron chi connectivity index (χ2n) is 5.40. The van der Waals surface area contributed by atoms with Crippen LogP contribution in [0.5, 0.6) is 5.75 Å². The molecule has 3 aromatic rings. The van der Waals surface area contributed by atoms with Gasteiger partial charge in [0.2, 0.25) is 5.91 Å². The third kappa shape index (κ3) is 3.90. The van der Waals surface area contributed by atoms with Gasteiger partial charge in [0.25, 0.3) is 0 Å². The summed E-state index contributed by atoms with van der Waals surface area (Å²) in [6, 6.07) is 13.4. The van der Waals surface area contributed by atoms with Crippen LogP contribution in [-0.4, -0.2) is 33.7 Å². The third-order valence-electron chi connectivity index (χ3n) is 3.65. The minimum Gasteiger partial charge on any atom is -0.494 e. The van der Waals surface area contributed by atoms with Gasteiger partial charge < -0.3 is 10.1 Å². The number of aromatic nitrogens is 3. The molecule has 6 nitrogen and oxygen atoms in total. The molecule has 0 spiro atoms. The van der Waals surface area contributed by atoms with E-state index in [1.807, 2.05) is 60.0 Å². The molecule has 1 N–H and O–H groups in total. The Hall–Kier alpha value is -2.89. The van der Waals surface area contributed by atoms with E-state index in [1.54, 1.807) is 0 Å². The molecule has 0 aliphatic heterocycles. The summed E-state index contributed by atoms with van der Waals surface area (Å²) in [4.78, 5) is 12.0. The number of nitrogens with zero attached hydrogens (tertiary/aromatic N) is 3. The van der Waals surface area contributed by atoms with Crippen LogP contribution in [0.2, 0.25) is 0 Å². The molecule has 2 heterocycles. The van der Waals surface area contributed by atoms with E-state index in [9.17, 15) is 4.79 Å². The number of nitrogens with one attached hydrogen (secondary N) is 1. The number of carbonyl (C=O) groups is 1. The average Bonchev–Trinajstić information content (AvgIpc) is 3.00. The molecule has 0 atom stereocenters. The summed E-state index contributed by atoms with van der Waals surface area (Å²) < 4.78 is 7.32. The number of hydrogen-bond acceptors (Lipinski definition) is 4. The Bertz CT molecular complexity index is 811. The first kappa shape index (κ1) is 16.0. The minimum atomic E-state index is -0.00650. The fourth-order valence-corrected chi connectivity index (χ4v) is 2.49. The Kier molecular flexibility index (Phi) is 5.05. The van der Waals surface area contributed by atoms with Crippen LogP contribution in [0, 0.1) is 0 Å². The van der Waals surface area contributed by atoms with Crippen molar-refractivity contribution >= 4 is 11.6 Å². The van der Waals surface area contributed by atoms with Gasteiger partial charge in [-0.25, -0.2) is 0 Å². The predicted octanol–water partition coefficient (Wildman–Crippen LogP) is 2.03. The second-order valence-corrected chi connectivity index (χ2v) is 5.40. The summed E-state index contributed by atoms with van der Waals surface area (Å²) in [5, 5.41) is 11.2. The fraction of sp³-hybridized carbons (Fsp3) is 0.278. The maximum atomic E-state index is 12.0. The lowest BCUT2D eigenvalue weighted by Crippen LogP contribution is -2.27. The normalized spacial score (nSPS) is 10.7. The Morgan fingerprint density at radius 2 is 2.00 bits per heavy atom. The minimum absolute atomic E-state index is 0.00650. The highest BCUT2D eigenvalue weighted by molar-refractivity contribution is 5.78. The van der Waals surface area contributed by atoms with Crippen LogP contribution in [0.1, 0.15) is 18.3 Å². The van der Waals surface area contributed by atoms with Crippen LogP contribution in [0.15, 0.2) is 48.7 Å². The van der Waals surface area contributed by atoms with Crippen LogP contribution in [0.4, 0.5) is 0 Å². The Balaban J connectivity index is 1.49. The molecule has 124 valence electrons. The quantitative estimate of drug-likeness (QED) is 0.722. The molecule has 1 amide bonds. The summed E-state index contributed by atoms with van der Waals surface area (Å²) in [6.07, 6.45) is 2.92. The van der Waals surface area contributed by atoms with Crippen molar-refractivity contribution in [3.63, 3.8) is 0 Å². The summed E-state index contributed by atoms with van der Waals surface area (Å²) in [5.41, 5.74) is 1.78. The van der Waals surface area contributed by atoms with Gasteiger partial charge in [0.15, 0.2) is 5.65 Å². The molecule has 6 heteroatoms. The molecule has 0 fully saturated rings. The fourth-order valence-electron chi connectivity index (χ4n) is 2.49. The first-order chi connectivity index (χ1) is 11.8. The Morgan fingerprint density at radius 3 is 2.79 bits per heavy atom. The summed E-state index contributed by atoms with van der Waals surface area (Å²) in [7, 11) is 0. The van der Waals surface area contributed by atoms with E-state index in [1.165, 1.54) is 0 Å². The zero-order chi connectivity index (χ0) is 16.8. The lowest BCUT2D eigenvalue weighted by atomic mass is 10.1. The third-order valence-corrected chi connectivity index (χ3v) is 3.65. The van der Waals surface area contributed by atoms with Crippen LogP contribution >= 0.6 is 0 Å². The molecule has 0 unspecified atom stereocenters. The molecular weight excluding hydrogens is 304 g/mol. The van der Waals surface area contributed by atoms with Crippen molar-refractivity contribution in [1.82, 2.24) is 19.9 Å². The van der Waals surface area contributed by atoms with Gasteiger partial charge in [0.05, 0.1) is 13.0 Å².